The molecule has 0 atom stereocenters. The van der Waals surface area contributed by atoms with Crippen molar-refractivity contribution >= 4 is 33.2 Å². The SMILES string of the molecule is CCCc1nnc2c(Cl)nc(Br)cn12. The lowest BCUT2D eigenvalue weighted by Crippen LogP contribution is -1.95. The normalized spacial score (nSPS) is 11.1. The fraction of sp³-hybridized carbons (Fsp3) is 0.375. The second-order valence-corrected chi connectivity index (χ2v) is 4.08. The van der Waals surface area contributed by atoms with Gasteiger partial charge in [-0.15, -0.1) is 10.2 Å². The molecule has 0 aliphatic rings. The van der Waals surface area contributed by atoms with Crippen LogP contribution in [0, 0.1) is 0 Å². The summed E-state index contributed by atoms with van der Waals surface area (Å²) in [5.74, 6) is 0.910. The highest BCUT2D eigenvalue weighted by Gasteiger charge is 2.09. The van der Waals surface area contributed by atoms with Crippen LogP contribution in [-0.2, 0) is 6.42 Å². The van der Waals surface area contributed by atoms with Gasteiger partial charge in [-0.05, 0) is 22.4 Å². The fourth-order valence-corrected chi connectivity index (χ4v) is 1.98. The molecular weight excluding hydrogens is 267 g/mol. The number of hydrogen-bond donors (Lipinski definition) is 0. The zero-order valence-corrected chi connectivity index (χ0v) is 9.88. The Bertz CT molecular complexity index is 468. The van der Waals surface area contributed by atoms with Gasteiger partial charge in [0.05, 0.1) is 0 Å². The van der Waals surface area contributed by atoms with E-state index in [2.05, 4.69) is 38.0 Å². The summed E-state index contributed by atoms with van der Waals surface area (Å²) in [5.41, 5.74) is 0.610. The van der Waals surface area contributed by atoms with Crippen molar-refractivity contribution < 1.29 is 0 Å². The molecule has 0 saturated carbocycles. The molecule has 6 heteroatoms. The third kappa shape index (κ3) is 1.62. The summed E-state index contributed by atoms with van der Waals surface area (Å²) < 4.78 is 2.55. The summed E-state index contributed by atoms with van der Waals surface area (Å²) in [5, 5.41) is 8.40. The highest BCUT2D eigenvalue weighted by molar-refractivity contribution is 9.10. The van der Waals surface area contributed by atoms with E-state index in [4.69, 9.17) is 11.6 Å². The summed E-state index contributed by atoms with van der Waals surface area (Å²) in [4.78, 5) is 4.03. The minimum Gasteiger partial charge on any atom is -0.281 e. The van der Waals surface area contributed by atoms with E-state index in [1.54, 1.807) is 0 Å². The van der Waals surface area contributed by atoms with Crippen molar-refractivity contribution in [3.63, 3.8) is 0 Å². The highest BCUT2D eigenvalue weighted by atomic mass is 79.9. The Morgan fingerprint density at radius 1 is 1.50 bits per heavy atom. The molecule has 0 unspecified atom stereocenters. The molecule has 0 aliphatic heterocycles. The van der Waals surface area contributed by atoms with Crippen LogP contribution in [-0.4, -0.2) is 19.6 Å². The topological polar surface area (TPSA) is 43.1 Å². The Morgan fingerprint density at radius 3 is 3.00 bits per heavy atom. The summed E-state index contributed by atoms with van der Waals surface area (Å²) in [6.45, 7) is 2.10. The van der Waals surface area contributed by atoms with Crippen LogP contribution in [0.2, 0.25) is 5.15 Å². The van der Waals surface area contributed by atoms with Gasteiger partial charge >= 0.3 is 0 Å². The standard InChI is InChI=1S/C8H8BrClN4/c1-2-3-6-12-13-8-7(10)11-5(9)4-14(6)8/h4H,2-3H2,1H3. The van der Waals surface area contributed by atoms with Crippen LogP contribution in [0.5, 0.6) is 0 Å². The summed E-state index contributed by atoms with van der Waals surface area (Å²) >= 11 is 9.19. The third-order valence-electron chi connectivity index (χ3n) is 1.87. The lowest BCUT2D eigenvalue weighted by Gasteiger charge is -1.99. The van der Waals surface area contributed by atoms with E-state index in [0.29, 0.717) is 15.4 Å². The molecule has 0 amide bonds. The van der Waals surface area contributed by atoms with Crippen LogP contribution in [0.15, 0.2) is 10.8 Å². The van der Waals surface area contributed by atoms with Crippen LogP contribution >= 0.6 is 27.5 Å². The minimum atomic E-state index is 0.370. The Labute approximate surface area is 94.4 Å². The highest BCUT2D eigenvalue weighted by Crippen LogP contribution is 2.18. The molecule has 14 heavy (non-hydrogen) atoms. The molecule has 2 aromatic heterocycles. The number of fused-ring (bicyclic) bond motifs is 1. The molecule has 0 fully saturated rings. The van der Waals surface area contributed by atoms with Gasteiger partial charge in [0.15, 0.2) is 10.8 Å². The van der Waals surface area contributed by atoms with E-state index in [1.165, 1.54) is 0 Å². The van der Waals surface area contributed by atoms with Crippen LogP contribution in [0.4, 0.5) is 0 Å². The molecule has 2 rings (SSSR count). The smallest absolute Gasteiger partial charge is 0.198 e. The second kappa shape index (κ2) is 3.82. The van der Waals surface area contributed by atoms with Crippen molar-refractivity contribution in [2.45, 2.75) is 19.8 Å². The number of halogens is 2. The van der Waals surface area contributed by atoms with Gasteiger partial charge in [-0.3, -0.25) is 4.40 Å². The summed E-state index contributed by atoms with van der Waals surface area (Å²) in [6.07, 6.45) is 3.73. The predicted octanol–water partition coefficient (Wildman–Crippen LogP) is 2.49. The van der Waals surface area contributed by atoms with Gasteiger partial charge in [-0.2, -0.15) is 0 Å². The molecule has 0 N–H and O–H groups in total. The quantitative estimate of drug-likeness (QED) is 0.846. The molecule has 4 nitrogen and oxygen atoms in total. The molecular formula is C8H8BrClN4. The Balaban J connectivity index is 2.66. The molecule has 2 aromatic rings. The Morgan fingerprint density at radius 2 is 2.29 bits per heavy atom. The first-order valence-corrected chi connectivity index (χ1v) is 5.45. The first-order valence-electron chi connectivity index (χ1n) is 4.28. The maximum absolute atomic E-state index is 5.91. The number of rotatable bonds is 2. The lowest BCUT2D eigenvalue weighted by atomic mass is 10.3. The monoisotopic (exact) mass is 274 g/mol. The average Bonchev–Trinajstić information content (AvgIpc) is 2.49. The lowest BCUT2D eigenvalue weighted by molar-refractivity contribution is 0.815. The van der Waals surface area contributed by atoms with E-state index >= 15 is 0 Å². The number of aryl methyl sites for hydroxylation is 1. The van der Waals surface area contributed by atoms with Gasteiger partial charge in [0.25, 0.3) is 0 Å². The third-order valence-corrected chi connectivity index (χ3v) is 2.50. The average molecular weight is 276 g/mol. The first kappa shape index (κ1) is 9.86. The van der Waals surface area contributed by atoms with Crippen LogP contribution in [0.1, 0.15) is 19.2 Å². The molecule has 0 aliphatic carbocycles. The van der Waals surface area contributed by atoms with Gasteiger partial charge in [0.2, 0.25) is 0 Å². The first-order chi connectivity index (χ1) is 6.72. The Hall–Kier alpha value is -0.680. The maximum Gasteiger partial charge on any atom is 0.198 e. The fourth-order valence-electron chi connectivity index (χ4n) is 1.27. The second-order valence-electron chi connectivity index (χ2n) is 2.91. The van der Waals surface area contributed by atoms with Crippen LogP contribution in [0.3, 0.4) is 0 Å². The minimum absolute atomic E-state index is 0.370. The van der Waals surface area contributed by atoms with Crippen molar-refractivity contribution in [2.24, 2.45) is 0 Å². The van der Waals surface area contributed by atoms with Crippen molar-refractivity contribution in [2.75, 3.05) is 0 Å². The number of aromatic nitrogens is 4. The molecule has 0 bridgehead atoms. The molecule has 74 valence electrons. The van der Waals surface area contributed by atoms with Crippen molar-refractivity contribution in [3.05, 3.63) is 21.8 Å². The van der Waals surface area contributed by atoms with E-state index in [0.717, 1.165) is 18.7 Å². The molecule has 0 radical (unpaired) electrons. The van der Waals surface area contributed by atoms with E-state index in [9.17, 15) is 0 Å². The van der Waals surface area contributed by atoms with Crippen molar-refractivity contribution in [1.82, 2.24) is 19.6 Å². The van der Waals surface area contributed by atoms with Crippen LogP contribution in [0.25, 0.3) is 5.65 Å². The zero-order valence-electron chi connectivity index (χ0n) is 7.54. The predicted molar refractivity (Wildman–Crippen MR) is 57.5 cm³/mol. The number of hydrogen-bond acceptors (Lipinski definition) is 3. The summed E-state index contributed by atoms with van der Waals surface area (Å²) in [7, 11) is 0. The summed E-state index contributed by atoms with van der Waals surface area (Å²) in [6, 6.07) is 0. The van der Waals surface area contributed by atoms with Crippen molar-refractivity contribution in [1.29, 1.82) is 0 Å². The van der Waals surface area contributed by atoms with E-state index in [-0.39, 0.29) is 0 Å². The maximum atomic E-state index is 5.91. The Kier molecular flexibility index (Phi) is 2.69. The van der Waals surface area contributed by atoms with Gasteiger partial charge in [0.1, 0.15) is 10.4 Å². The van der Waals surface area contributed by atoms with Crippen LogP contribution < -0.4 is 0 Å². The van der Waals surface area contributed by atoms with E-state index in [1.807, 2.05) is 10.6 Å². The largest absolute Gasteiger partial charge is 0.281 e. The number of nitrogens with zero attached hydrogens (tertiary/aromatic N) is 4. The van der Waals surface area contributed by atoms with Gasteiger partial charge in [0, 0.05) is 12.6 Å². The van der Waals surface area contributed by atoms with Gasteiger partial charge in [-0.25, -0.2) is 4.98 Å². The zero-order chi connectivity index (χ0) is 10.1. The van der Waals surface area contributed by atoms with Gasteiger partial charge in [-0.1, -0.05) is 18.5 Å². The van der Waals surface area contributed by atoms with Crippen molar-refractivity contribution in [3.8, 4) is 0 Å². The molecule has 2 heterocycles. The molecule has 0 aromatic carbocycles. The molecule has 0 saturated heterocycles. The molecule has 0 spiro atoms. The van der Waals surface area contributed by atoms with E-state index < -0.39 is 0 Å². The van der Waals surface area contributed by atoms with Gasteiger partial charge < -0.3 is 0 Å².